The van der Waals surface area contributed by atoms with Crippen LogP contribution in [0.5, 0.6) is 0 Å². The van der Waals surface area contributed by atoms with Crippen molar-refractivity contribution in [1.29, 1.82) is 0 Å². The minimum absolute atomic E-state index is 0.00522. The van der Waals surface area contributed by atoms with Crippen molar-refractivity contribution in [3.05, 3.63) is 66.0 Å². The van der Waals surface area contributed by atoms with E-state index in [1.807, 2.05) is 61.1 Å². The zero-order valence-electron chi connectivity index (χ0n) is 15.6. The molecule has 0 bridgehead atoms. The molecule has 1 N–H and O–H groups in total. The van der Waals surface area contributed by atoms with Crippen LogP contribution < -0.4 is 5.32 Å². The van der Waals surface area contributed by atoms with Crippen molar-refractivity contribution in [3.8, 4) is 0 Å². The van der Waals surface area contributed by atoms with Crippen molar-refractivity contribution in [1.82, 2.24) is 19.8 Å². The number of para-hydroxylation sites is 2. The van der Waals surface area contributed by atoms with Crippen molar-refractivity contribution in [2.24, 2.45) is 0 Å². The van der Waals surface area contributed by atoms with Crippen LogP contribution in [-0.2, 0) is 17.8 Å². The summed E-state index contributed by atoms with van der Waals surface area (Å²) in [5.41, 5.74) is 3.14. The van der Waals surface area contributed by atoms with Crippen molar-refractivity contribution in [2.45, 2.75) is 25.9 Å². The first-order valence-electron chi connectivity index (χ1n) is 9.02. The molecule has 5 nitrogen and oxygen atoms in total. The molecule has 2 aromatic carbocycles. The number of imidazole rings is 1. The zero-order chi connectivity index (χ0) is 18.5. The summed E-state index contributed by atoms with van der Waals surface area (Å²) < 4.78 is 2.01. The van der Waals surface area contributed by atoms with Crippen LogP contribution in [0.2, 0.25) is 0 Å². The molecular weight excluding hydrogens is 324 g/mol. The number of nitrogens with one attached hydrogen (secondary N) is 1. The van der Waals surface area contributed by atoms with Crippen LogP contribution in [0.25, 0.3) is 11.0 Å². The normalized spacial score (nSPS) is 12.5. The number of hydrogen-bond donors (Lipinski definition) is 1. The first kappa shape index (κ1) is 18.1. The standard InChI is InChI=1S/C21H26N4O/c1-4-20-23-17-12-8-9-13-18(17)25(20)15-21(26)22-14-19(24(2)3)16-10-6-5-7-11-16/h5-13,19H,4,14-15H2,1-3H3,(H,22,26). The number of benzene rings is 2. The minimum atomic E-state index is 0.00522. The largest absolute Gasteiger partial charge is 0.353 e. The molecule has 3 rings (SSSR count). The Morgan fingerprint density at radius 2 is 1.81 bits per heavy atom. The van der Waals surface area contributed by atoms with E-state index in [1.165, 1.54) is 5.56 Å². The summed E-state index contributed by atoms with van der Waals surface area (Å²) in [7, 11) is 4.06. The van der Waals surface area contributed by atoms with Crippen molar-refractivity contribution >= 4 is 16.9 Å². The number of hydrogen-bond acceptors (Lipinski definition) is 3. The summed E-state index contributed by atoms with van der Waals surface area (Å²) in [5.74, 6) is 0.944. The van der Waals surface area contributed by atoms with Crippen molar-refractivity contribution in [3.63, 3.8) is 0 Å². The lowest BCUT2D eigenvalue weighted by Crippen LogP contribution is -2.36. The Morgan fingerprint density at radius 3 is 2.50 bits per heavy atom. The number of likely N-dealkylation sites (N-methyl/N-ethyl adjacent to an activating group) is 1. The van der Waals surface area contributed by atoms with Crippen LogP contribution >= 0.6 is 0 Å². The maximum absolute atomic E-state index is 12.6. The molecule has 0 aliphatic carbocycles. The highest BCUT2D eigenvalue weighted by molar-refractivity contribution is 5.81. The molecule has 26 heavy (non-hydrogen) atoms. The van der Waals surface area contributed by atoms with E-state index in [1.54, 1.807) is 0 Å². The predicted octanol–water partition coefficient (Wildman–Crippen LogP) is 3.02. The number of aromatic nitrogens is 2. The lowest BCUT2D eigenvalue weighted by atomic mass is 10.1. The van der Waals surface area contributed by atoms with Crippen LogP contribution in [-0.4, -0.2) is 41.0 Å². The maximum atomic E-state index is 12.6. The van der Waals surface area contributed by atoms with E-state index in [0.29, 0.717) is 13.1 Å². The van der Waals surface area contributed by atoms with E-state index in [0.717, 1.165) is 23.3 Å². The number of rotatable bonds is 7. The van der Waals surface area contributed by atoms with E-state index < -0.39 is 0 Å². The lowest BCUT2D eigenvalue weighted by molar-refractivity contribution is -0.121. The van der Waals surface area contributed by atoms with E-state index in [4.69, 9.17) is 0 Å². The van der Waals surface area contributed by atoms with Crippen LogP contribution in [0.4, 0.5) is 0 Å². The Balaban J connectivity index is 1.71. The molecule has 1 unspecified atom stereocenters. The summed E-state index contributed by atoms with van der Waals surface area (Å²) in [6, 6.07) is 18.3. The second kappa shape index (κ2) is 8.15. The molecule has 0 saturated carbocycles. The average molecular weight is 350 g/mol. The molecule has 1 atom stereocenters. The summed E-state index contributed by atoms with van der Waals surface area (Å²) in [4.78, 5) is 19.4. The van der Waals surface area contributed by atoms with Gasteiger partial charge >= 0.3 is 0 Å². The number of fused-ring (bicyclic) bond motifs is 1. The highest BCUT2D eigenvalue weighted by Gasteiger charge is 2.16. The quantitative estimate of drug-likeness (QED) is 0.713. The summed E-state index contributed by atoms with van der Waals surface area (Å²) >= 11 is 0. The summed E-state index contributed by atoms with van der Waals surface area (Å²) in [6.45, 7) is 2.93. The Labute approximate surface area is 154 Å². The molecule has 0 aliphatic heterocycles. The highest BCUT2D eigenvalue weighted by atomic mass is 16.1. The Bertz CT molecular complexity index is 870. The fourth-order valence-electron chi connectivity index (χ4n) is 3.26. The molecule has 0 aliphatic rings. The molecule has 5 heteroatoms. The van der Waals surface area contributed by atoms with E-state index in [-0.39, 0.29) is 11.9 Å². The highest BCUT2D eigenvalue weighted by Crippen LogP contribution is 2.18. The third kappa shape index (κ3) is 3.94. The van der Waals surface area contributed by atoms with E-state index >= 15 is 0 Å². The van der Waals surface area contributed by atoms with E-state index in [2.05, 4.69) is 34.3 Å². The first-order chi connectivity index (χ1) is 12.6. The van der Waals surface area contributed by atoms with Gasteiger partial charge in [0.25, 0.3) is 0 Å². The predicted molar refractivity (Wildman–Crippen MR) is 105 cm³/mol. The third-order valence-electron chi connectivity index (χ3n) is 4.65. The first-order valence-corrected chi connectivity index (χ1v) is 9.02. The lowest BCUT2D eigenvalue weighted by Gasteiger charge is -2.25. The topological polar surface area (TPSA) is 50.2 Å². The molecule has 136 valence electrons. The van der Waals surface area contributed by atoms with Gasteiger partial charge in [0.1, 0.15) is 12.4 Å². The van der Waals surface area contributed by atoms with Gasteiger partial charge in [-0.15, -0.1) is 0 Å². The number of aryl methyl sites for hydroxylation is 1. The Morgan fingerprint density at radius 1 is 1.12 bits per heavy atom. The second-order valence-electron chi connectivity index (χ2n) is 6.65. The van der Waals surface area contributed by atoms with Crippen molar-refractivity contribution in [2.75, 3.05) is 20.6 Å². The van der Waals surface area contributed by atoms with Crippen molar-refractivity contribution < 1.29 is 4.79 Å². The SMILES string of the molecule is CCc1nc2ccccc2n1CC(=O)NCC(c1ccccc1)N(C)C. The number of amides is 1. The minimum Gasteiger partial charge on any atom is -0.353 e. The number of nitrogens with zero attached hydrogens (tertiary/aromatic N) is 3. The maximum Gasteiger partial charge on any atom is 0.240 e. The molecule has 1 heterocycles. The van der Waals surface area contributed by atoms with Gasteiger partial charge in [0.15, 0.2) is 0 Å². The Kier molecular flexibility index (Phi) is 5.68. The second-order valence-corrected chi connectivity index (χ2v) is 6.65. The molecule has 0 spiro atoms. The fraction of sp³-hybridized carbons (Fsp3) is 0.333. The molecule has 3 aromatic rings. The fourth-order valence-corrected chi connectivity index (χ4v) is 3.26. The zero-order valence-corrected chi connectivity index (χ0v) is 15.6. The summed E-state index contributed by atoms with van der Waals surface area (Å²) in [5, 5.41) is 3.09. The molecular formula is C21H26N4O. The van der Waals surface area contributed by atoms with E-state index in [9.17, 15) is 4.79 Å². The average Bonchev–Trinajstić information content (AvgIpc) is 3.00. The summed E-state index contributed by atoms with van der Waals surface area (Å²) in [6.07, 6.45) is 0.798. The van der Waals surface area contributed by atoms with Gasteiger partial charge in [0, 0.05) is 13.0 Å². The Hall–Kier alpha value is -2.66. The van der Waals surface area contributed by atoms with Gasteiger partial charge in [-0.3, -0.25) is 4.79 Å². The van der Waals surface area contributed by atoms with Gasteiger partial charge in [0.2, 0.25) is 5.91 Å². The smallest absolute Gasteiger partial charge is 0.240 e. The molecule has 0 radical (unpaired) electrons. The molecule has 1 aromatic heterocycles. The number of carbonyl (C=O) groups is 1. The number of carbonyl (C=O) groups excluding carboxylic acids is 1. The van der Waals surface area contributed by atoms with Gasteiger partial charge in [-0.05, 0) is 31.8 Å². The monoisotopic (exact) mass is 350 g/mol. The van der Waals surface area contributed by atoms with Gasteiger partial charge in [0.05, 0.1) is 17.1 Å². The molecule has 1 amide bonds. The van der Waals surface area contributed by atoms with Crippen LogP contribution in [0.15, 0.2) is 54.6 Å². The van der Waals surface area contributed by atoms with Crippen LogP contribution in [0, 0.1) is 0 Å². The molecule has 0 saturated heterocycles. The van der Waals surface area contributed by atoms with Crippen LogP contribution in [0.3, 0.4) is 0 Å². The molecule has 0 fully saturated rings. The van der Waals surface area contributed by atoms with Gasteiger partial charge in [-0.1, -0.05) is 49.4 Å². The van der Waals surface area contributed by atoms with Gasteiger partial charge in [-0.2, -0.15) is 0 Å². The van der Waals surface area contributed by atoms with Crippen LogP contribution in [0.1, 0.15) is 24.4 Å². The third-order valence-corrected chi connectivity index (χ3v) is 4.65. The van der Waals surface area contributed by atoms with Gasteiger partial charge < -0.3 is 14.8 Å². The van der Waals surface area contributed by atoms with Gasteiger partial charge in [-0.25, -0.2) is 4.98 Å².